The molecule has 0 unspecified atom stereocenters. The molecule has 24 heavy (non-hydrogen) atoms. The molecule has 0 aliphatic heterocycles. The summed E-state index contributed by atoms with van der Waals surface area (Å²) in [6.45, 7) is 0. The Morgan fingerprint density at radius 1 is 1.04 bits per heavy atom. The Morgan fingerprint density at radius 3 is 2.50 bits per heavy atom. The number of benzene rings is 2. The summed E-state index contributed by atoms with van der Waals surface area (Å²) in [6.07, 6.45) is 0. The molecule has 0 atom stereocenters. The number of anilines is 2. The lowest BCUT2D eigenvalue weighted by Gasteiger charge is -2.09. The number of aromatic nitrogens is 2. The van der Waals surface area contributed by atoms with Crippen LogP contribution in [0.2, 0.25) is 0 Å². The number of hydrogen-bond donors (Lipinski definition) is 2. The van der Waals surface area contributed by atoms with Crippen LogP contribution in [0.5, 0.6) is 5.75 Å². The van der Waals surface area contributed by atoms with Crippen molar-refractivity contribution in [3.63, 3.8) is 0 Å². The number of ether oxygens (including phenoxy) is 1. The molecular formula is C18H18N4O2. The zero-order chi connectivity index (χ0) is 16.9. The zero-order valence-corrected chi connectivity index (χ0v) is 13.5. The van der Waals surface area contributed by atoms with Crippen LogP contribution < -0.4 is 15.4 Å². The van der Waals surface area contributed by atoms with Crippen molar-refractivity contribution >= 4 is 17.5 Å². The van der Waals surface area contributed by atoms with E-state index < -0.39 is 0 Å². The van der Waals surface area contributed by atoms with Crippen LogP contribution in [-0.4, -0.2) is 22.9 Å². The fourth-order valence-corrected chi connectivity index (χ4v) is 2.43. The van der Waals surface area contributed by atoms with E-state index in [0.29, 0.717) is 17.3 Å². The Balaban J connectivity index is 1.74. The largest absolute Gasteiger partial charge is 0.495 e. The Morgan fingerprint density at radius 2 is 1.75 bits per heavy atom. The van der Waals surface area contributed by atoms with Crippen LogP contribution in [-0.2, 0) is 7.05 Å². The third-order valence-electron chi connectivity index (χ3n) is 3.55. The normalized spacial score (nSPS) is 10.2. The van der Waals surface area contributed by atoms with Crippen molar-refractivity contribution in [3.05, 3.63) is 60.7 Å². The van der Waals surface area contributed by atoms with Gasteiger partial charge < -0.3 is 10.1 Å². The Hall–Kier alpha value is -3.28. The van der Waals surface area contributed by atoms with Crippen molar-refractivity contribution in [2.24, 2.45) is 7.05 Å². The molecule has 0 aliphatic carbocycles. The molecule has 0 bridgehead atoms. The molecule has 0 radical (unpaired) electrons. The number of hydrogen-bond acceptors (Lipinski definition) is 3. The van der Waals surface area contributed by atoms with Crippen LogP contribution in [0.15, 0.2) is 60.7 Å². The molecule has 0 saturated carbocycles. The second-order valence-corrected chi connectivity index (χ2v) is 5.18. The highest BCUT2D eigenvalue weighted by Gasteiger charge is 2.11. The van der Waals surface area contributed by atoms with Gasteiger partial charge in [0.25, 0.3) is 0 Å². The van der Waals surface area contributed by atoms with Crippen molar-refractivity contribution in [1.29, 1.82) is 0 Å². The summed E-state index contributed by atoms with van der Waals surface area (Å²) < 4.78 is 6.95. The SMILES string of the molecule is COc1ccccc1NC(=O)Nc1cc(-c2ccccc2)n(C)n1. The summed E-state index contributed by atoms with van der Waals surface area (Å²) in [5.74, 6) is 1.07. The molecule has 2 N–H and O–H groups in total. The third kappa shape index (κ3) is 3.38. The number of methoxy groups -OCH3 is 1. The quantitative estimate of drug-likeness (QED) is 0.769. The predicted octanol–water partition coefficient (Wildman–Crippen LogP) is 3.74. The summed E-state index contributed by atoms with van der Waals surface area (Å²) >= 11 is 0. The van der Waals surface area contributed by atoms with Crippen molar-refractivity contribution in [1.82, 2.24) is 9.78 Å². The van der Waals surface area contributed by atoms with Crippen LogP contribution in [0.1, 0.15) is 0 Å². The van der Waals surface area contributed by atoms with Crippen molar-refractivity contribution in [3.8, 4) is 17.0 Å². The van der Waals surface area contributed by atoms with Gasteiger partial charge in [0, 0.05) is 13.1 Å². The first-order chi connectivity index (χ1) is 11.7. The van der Waals surface area contributed by atoms with Crippen LogP contribution in [0, 0.1) is 0 Å². The maximum absolute atomic E-state index is 12.2. The molecule has 6 nitrogen and oxygen atoms in total. The molecule has 0 fully saturated rings. The van der Waals surface area contributed by atoms with Crippen molar-refractivity contribution < 1.29 is 9.53 Å². The van der Waals surface area contributed by atoms with Gasteiger partial charge in [0.1, 0.15) is 5.75 Å². The molecule has 0 aliphatic rings. The minimum atomic E-state index is -0.378. The first-order valence-electron chi connectivity index (χ1n) is 7.48. The smallest absolute Gasteiger partial charge is 0.325 e. The molecule has 1 heterocycles. The minimum Gasteiger partial charge on any atom is -0.495 e. The van der Waals surface area contributed by atoms with E-state index in [1.165, 1.54) is 0 Å². The van der Waals surface area contributed by atoms with Crippen LogP contribution in [0.3, 0.4) is 0 Å². The van der Waals surface area contributed by atoms with Gasteiger partial charge >= 0.3 is 6.03 Å². The second-order valence-electron chi connectivity index (χ2n) is 5.18. The first kappa shape index (κ1) is 15.6. The Bertz CT molecular complexity index is 843. The summed E-state index contributed by atoms with van der Waals surface area (Å²) in [6, 6.07) is 18.5. The van der Waals surface area contributed by atoms with E-state index in [1.54, 1.807) is 23.9 Å². The number of amides is 2. The van der Waals surface area contributed by atoms with Gasteiger partial charge in [0.05, 0.1) is 18.5 Å². The van der Waals surface area contributed by atoms with Gasteiger partial charge in [-0.2, -0.15) is 5.10 Å². The summed E-state index contributed by atoms with van der Waals surface area (Å²) in [5, 5.41) is 9.81. The summed E-state index contributed by atoms with van der Waals surface area (Å²) in [5.41, 5.74) is 2.55. The Labute approximate surface area is 140 Å². The first-order valence-corrected chi connectivity index (χ1v) is 7.48. The monoisotopic (exact) mass is 322 g/mol. The zero-order valence-electron chi connectivity index (χ0n) is 13.5. The van der Waals surface area contributed by atoms with Gasteiger partial charge in [0.2, 0.25) is 0 Å². The second kappa shape index (κ2) is 6.87. The molecule has 0 spiro atoms. The van der Waals surface area contributed by atoms with E-state index in [-0.39, 0.29) is 6.03 Å². The van der Waals surface area contributed by atoms with E-state index in [4.69, 9.17) is 4.74 Å². The molecule has 2 amide bonds. The van der Waals surface area contributed by atoms with E-state index in [1.807, 2.05) is 55.6 Å². The molecule has 1 aromatic heterocycles. The number of rotatable bonds is 4. The highest BCUT2D eigenvalue weighted by molar-refractivity contribution is 6.00. The van der Waals surface area contributed by atoms with E-state index >= 15 is 0 Å². The van der Waals surface area contributed by atoms with Crippen LogP contribution in [0.25, 0.3) is 11.3 Å². The maximum Gasteiger partial charge on any atom is 0.325 e. The fraction of sp³-hybridized carbons (Fsp3) is 0.111. The van der Waals surface area contributed by atoms with Crippen molar-refractivity contribution in [2.45, 2.75) is 0 Å². The maximum atomic E-state index is 12.2. The van der Waals surface area contributed by atoms with E-state index in [9.17, 15) is 4.79 Å². The van der Waals surface area contributed by atoms with Gasteiger partial charge in [0.15, 0.2) is 5.82 Å². The van der Waals surface area contributed by atoms with Gasteiger partial charge in [-0.1, -0.05) is 42.5 Å². The lowest BCUT2D eigenvalue weighted by molar-refractivity contribution is 0.262. The molecule has 2 aromatic carbocycles. The average molecular weight is 322 g/mol. The highest BCUT2D eigenvalue weighted by Crippen LogP contribution is 2.24. The average Bonchev–Trinajstić information content (AvgIpc) is 2.96. The number of urea groups is 1. The molecule has 3 aromatic rings. The highest BCUT2D eigenvalue weighted by atomic mass is 16.5. The van der Waals surface area contributed by atoms with E-state index in [2.05, 4.69) is 15.7 Å². The summed E-state index contributed by atoms with van der Waals surface area (Å²) in [7, 11) is 3.40. The van der Waals surface area contributed by atoms with Crippen LogP contribution in [0.4, 0.5) is 16.3 Å². The lowest BCUT2D eigenvalue weighted by atomic mass is 10.1. The summed E-state index contributed by atoms with van der Waals surface area (Å²) in [4.78, 5) is 12.2. The molecule has 6 heteroatoms. The van der Waals surface area contributed by atoms with Crippen molar-refractivity contribution in [2.75, 3.05) is 17.7 Å². The molecule has 122 valence electrons. The van der Waals surface area contributed by atoms with Gasteiger partial charge in [-0.25, -0.2) is 4.79 Å². The topological polar surface area (TPSA) is 68.2 Å². The molecule has 3 rings (SSSR count). The number of nitrogens with one attached hydrogen (secondary N) is 2. The van der Waals surface area contributed by atoms with Gasteiger partial charge in [-0.05, 0) is 17.7 Å². The molecule has 0 saturated heterocycles. The number of nitrogens with zero attached hydrogens (tertiary/aromatic N) is 2. The lowest BCUT2D eigenvalue weighted by Crippen LogP contribution is -2.20. The standard InChI is InChI=1S/C18H18N4O2/c1-22-15(13-8-4-3-5-9-13)12-17(21-22)20-18(23)19-14-10-6-7-11-16(14)24-2/h3-12H,1-2H3,(H2,19,20,21,23). The Kier molecular flexibility index (Phi) is 4.47. The third-order valence-corrected chi connectivity index (χ3v) is 3.55. The fourth-order valence-electron chi connectivity index (χ4n) is 2.43. The predicted molar refractivity (Wildman–Crippen MR) is 94.3 cm³/mol. The van der Waals surface area contributed by atoms with Gasteiger partial charge in [-0.3, -0.25) is 10.00 Å². The number of aryl methyl sites for hydroxylation is 1. The number of carbonyl (C=O) groups is 1. The van der Waals surface area contributed by atoms with E-state index in [0.717, 1.165) is 11.3 Å². The van der Waals surface area contributed by atoms with Crippen LogP contribution >= 0.6 is 0 Å². The minimum absolute atomic E-state index is 0.378. The molecular weight excluding hydrogens is 304 g/mol. The van der Waals surface area contributed by atoms with Gasteiger partial charge in [-0.15, -0.1) is 0 Å². The number of carbonyl (C=O) groups excluding carboxylic acids is 1. The number of para-hydroxylation sites is 2.